The summed E-state index contributed by atoms with van der Waals surface area (Å²) in [4.78, 5) is 20.2. The molecule has 0 fully saturated rings. The average molecular weight is 484 g/mol. The summed E-state index contributed by atoms with van der Waals surface area (Å²) >= 11 is 0. The lowest BCUT2D eigenvalue weighted by Crippen LogP contribution is -2.12. The van der Waals surface area contributed by atoms with Crippen LogP contribution in [0, 0.1) is 6.92 Å². The molecule has 176 valence electrons. The standard InChI is InChI=1S/C23H21N3O7S/c1-13-10-15(32-8-9-34(2,30)31)5-6-17(13)26-22-19(23(28)29)20(27)18(33-22)11-14-12-25-21-16(14)4-3-7-24-21/h3-7,10-12,26-27H,8-9H2,1-2H3,(H,28,29). The molecule has 0 spiro atoms. The van der Waals surface area contributed by atoms with E-state index in [0.717, 1.165) is 11.8 Å². The minimum Gasteiger partial charge on any atom is -0.504 e. The van der Waals surface area contributed by atoms with E-state index in [1.165, 1.54) is 6.08 Å². The number of carbonyl (C=O) groups is 1. The molecule has 0 aliphatic carbocycles. The number of aromatic carboxylic acids is 1. The van der Waals surface area contributed by atoms with Crippen molar-refractivity contribution in [1.29, 1.82) is 0 Å². The molecule has 11 heteroatoms. The third-order valence-corrected chi connectivity index (χ3v) is 5.91. The van der Waals surface area contributed by atoms with Gasteiger partial charge in [0.2, 0.25) is 5.88 Å². The predicted octanol–water partition coefficient (Wildman–Crippen LogP) is 3.81. The molecule has 10 nitrogen and oxygen atoms in total. The van der Waals surface area contributed by atoms with Crippen molar-refractivity contribution in [1.82, 2.24) is 4.98 Å². The summed E-state index contributed by atoms with van der Waals surface area (Å²) in [6.45, 7) is 1.77. The highest BCUT2D eigenvalue weighted by molar-refractivity contribution is 7.90. The summed E-state index contributed by atoms with van der Waals surface area (Å²) < 4.78 is 33.6. The molecule has 0 bridgehead atoms. The number of carboxylic acids is 1. The Balaban J connectivity index is 1.60. The van der Waals surface area contributed by atoms with Crippen molar-refractivity contribution in [3.8, 4) is 11.5 Å². The smallest absolute Gasteiger partial charge is 0.345 e. The van der Waals surface area contributed by atoms with E-state index in [9.17, 15) is 23.4 Å². The van der Waals surface area contributed by atoms with E-state index in [-0.39, 0.29) is 24.0 Å². The Kier molecular flexibility index (Phi) is 6.12. The van der Waals surface area contributed by atoms with E-state index in [0.29, 0.717) is 28.4 Å². The van der Waals surface area contributed by atoms with E-state index in [4.69, 9.17) is 9.15 Å². The highest BCUT2D eigenvalue weighted by atomic mass is 32.2. The number of allylic oxidation sites excluding steroid dienone is 1. The number of fused-ring (bicyclic) bond motifs is 1. The van der Waals surface area contributed by atoms with Crippen LogP contribution in [-0.4, -0.2) is 54.4 Å². The second kappa shape index (κ2) is 9.02. The van der Waals surface area contributed by atoms with Gasteiger partial charge in [-0.15, -0.1) is 0 Å². The minimum atomic E-state index is -3.14. The van der Waals surface area contributed by atoms with E-state index >= 15 is 0 Å². The third kappa shape index (κ3) is 4.94. The highest BCUT2D eigenvalue weighted by Gasteiger charge is 2.26. The SMILES string of the molecule is Cc1cc(OCCS(C)(=O)=O)ccc1Nc1oc(C=C2C=Nc3ncccc32)c(O)c1C(=O)O. The molecule has 3 heterocycles. The zero-order chi connectivity index (χ0) is 24.5. The molecule has 34 heavy (non-hydrogen) atoms. The van der Waals surface area contributed by atoms with Gasteiger partial charge in [0.15, 0.2) is 32.7 Å². The zero-order valence-electron chi connectivity index (χ0n) is 18.3. The molecule has 0 amide bonds. The van der Waals surface area contributed by atoms with Crippen molar-refractivity contribution in [3.05, 3.63) is 59.0 Å². The highest BCUT2D eigenvalue weighted by Crippen LogP contribution is 2.39. The molecule has 3 N–H and O–H groups in total. The molecule has 1 aliphatic heterocycles. The summed E-state index contributed by atoms with van der Waals surface area (Å²) in [6.07, 6.45) is 5.79. The number of hydrogen-bond acceptors (Lipinski definition) is 9. The number of nitrogens with zero attached hydrogens (tertiary/aromatic N) is 2. The predicted molar refractivity (Wildman–Crippen MR) is 127 cm³/mol. The van der Waals surface area contributed by atoms with Crippen molar-refractivity contribution < 1.29 is 32.6 Å². The van der Waals surface area contributed by atoms with Crippen molar-refractivity contribution in [3.63, 3.8) is 0 Å². The van der Waals surface area contributed by atoms with Crippen LogP contribution < -0.4 is 10.1 Å². The normalized spacial score (nSPS) is 13.8. The number of aliphatic imine (C=N–C) groups is 1. The average Bonchev–Trinajstić information content (AvgIpc) is 3.30. The number of aromatic hydroxyl groups is 1. The lowest BCUT2D eigenvalue weighted by atomic mass is 10.1. The van der Waals surface area contributed by atoms with Crippen LogP contribution >= 0.6 is 0 Å². The van der Waals surface area contributed by atoms with Gasteiger partial charge in [-0.25, -0.2) is 23.2 Å². The Hall–Kier alpha value is -4.12. The number of sulfone groups is 1. The van der Waals surface area contributed by atoms with E-state index in [2.05, 4.69) is 15.3 Å². The van der Waals surface area contributed by atoms with Crippen LogP contribution in [0.25, 0.3) is 11.6 Å². The number of ether oxygens (including phenoxy) is 1. The van der Waals surface area contributed by atoms with Crippen molar-refractivity contribution >= 4 is 51.1 Å². The van der Waals surface area contributed by atoms with Gasteiger partial charge in [0.25, 0.3) is 0 Å². The Labute approximate surface area is 195 Å². The summed E-state index contributed by atoms with van der Waals surface area (Å²) in [5.74, 6) is -1.20. The summed E-state index contributed by atoms with van der Waals surface area (Å²) in [5.41, 5.74) is 2.13. The number of carboxylic acid groups (broad SMARTS) is 1. The van der Waals surface area contributed by atoms with Gasteiger partial charge in [-0.3, -0.25) is 0 Å². The Morgan fingerprint density at radius 1 is 1.29 bits per heavy atom. The quantitative estimate of drug-likeness (QED) is 0.434. The summed E-state index contributed by atoms with van der Waals surface area (Å²) in [5, 5.41) is 23.1. The first-order valence-electron chi connectivity index (χ1n) is 10.1. The summed E-state index contributed by atoms with van der Waals surface area (Å²) in [6, 6.07) is 8.48. The van der Waals surface area contributed by atoms with Crippen LogP contribution in [0.3, 0.4) is 0 Å². The van der Waals surface area contributed by atoms with E-state index in [1.807, 2.05) is 0 Å². The lowest BCUT2D eigenvalue weighted by molar-refractivity contribution is 0.0694. The van der Waals surface area contributed by atoms with E-state index in [1.54, 1.807) is 49.7 Å². The first-order chi connectivity index (χ1) is 16.1. The fraction of sp³-hybridized carbons (Fsp3) is 0.174. The van der Waals surface area contributed by atoms with Crippen LogP contribution in [0.2, 0.25) is 0 Å². The molecule has 0 saturated carbocycles. The number of pyridine rings is 1. The number of aromatic nitrogens is 1. The molecule has 0 radical (unpaired) electrons. The molecule has 1 aromatic carbocycles. The van der Waals surface area contributed by atoms with Gasteiger partial charge in [0.05, 0.1) is 5.75 Å². The number of nitrogens with one attached hydrogen (secondary N) is 1. The van der Waals surface area contributed by atoms with Crippen molar-refractivity contribution in [2.24, 2.45) is 4.99 Å². The number of anilines is 2. The lowest BCUT2D eigenvalue weighted by Gasteiger charge is -2.11. The van der Waals surface area contributed by atoms with E-state index < -0.39 is 27.1 Å². The van der Waals surface area contributed by atoms with Crippen LogP contribution in [-0.2, 0) is 9.84 Å². The van der Waals surface area contributed by atoms with Crippen LogP contribution in [0.5, 0.6) is 11.5 Å². The number of benzene rings is 1. The van der Waals surface area contributed by atoms with Gasteiger partial charge < -0.3 is 24.7 Å². The molecule has 3 aromatic rings. The van der Waals surface area contributed by atoms with Gasteiger partial charge in [-0.2, -0.15) is 0 Å². The Morgan fingerprint density at radius 2 is 2.09 bits per heavy atom. The third-order valence-electron chi connectivity index (χ3n) is 5.00. The minimum absolute atomic E-state index is 0.0141. The molecular weight excluding hydrogens is 462 g/mol. The molecule has 0 saturated heterocycles. The first-order valence-corrected chi connectivity index (χ1v) is 12.2. The molecule has 1 aliphatic rings. The Bertz CT molecular complexity index is 1440. The maximum Gasteiger partial charge on any atom is 0.345 e. The number of furan rings is 1. The molecule has 0 atom stereocenters. The molecule has 0 unspecified atom stereocenters. The number of rotatable bonds is 8. The van der Waals surface area contributed by atoms with Gasteiger partial charge >= 0.3 is 5.97 Å². The zero-order valence-corrected chi connectivity index (χ0v) is 19.1. The van der Waals surface area contributed by atoms with Crippen LogP contribution in [0.15, 0.2) is 45.9 Å². The monoisotopic (exact) mass is 483 g/mol. The second-order valence-electron chi connectivity index (χ2n) is 7.64. The number of aryl methyl sites for hydroxylation is 1. The topological polar surface area (TPSA) is 151 Å². The van der Waals surface area contributed by atoms with Gasteiger partial charge in [0, 0.05) is 35.5 Å². The maximum absolute atomic E-state index is 11.8. The fourth-order valence-corrected chi connectivity index (χ4v) is 3.69. The van der Waals surface area contributed by atoms with Crippen LogP contribution in [0.1, 0.15) is 27.2 Å². The van der Waals surface area contributed by atoms with Gasteiger partial charge in [0.1, 0.15) is 12.4 Å². The molecule has 2 aromatic heterocycles. The van der Waals surface area contributed by atoms with Crippen molar-refractivity contribution in [2.45, 2.75) is 6.92 Å². The molecular formula is C23H21N3O7S. The second-order valence-corrected chi connectivity index (χ2v) is 9.90. The largest absolute Gasteiger partial charge is 0.504 e. The van der Waals surface area contributed by atoms with Crippen molar-refractivity contribution in [2.75, 3.05) is 23.9 Å². The fourth-order valence-electron chi connectivity index (χ4n) is 3.31. The molecule has 4 rings (SSSR count). The number of hydrogen-bond donors (Lipinski definition) is 3. The van der Waals surface area contributed by atoms with Crippen LogP contribution in [0.4, 0.5) is 17.4 Å². The first kappa shape index (κ1) is 23.1. The van der Waals surface area contributed by atoms with Gasteiger partial charge in [-0.1, -0.05) is 0 Å². The van der Waals surface area contributed by atoms with Gasteiger partial charge in [-0.05, 0) is 48.9 Å². The Morgan fingerprint density at radius 3 is 2.79 bits per heavy atom. The summed E-state index contributed by atoms with van der Waals surface area (Å²) in [7, 11) is -3.14. The maximum atomic E-state index is 11.8.